The smallest absolute Gasteiger partial charge is 0.339 e. The van der Waals surface area contributed by atoms with E-state index >= 15 is 0 Å². The Morgan fingerprint density at radius 1 is 1.21 bits per heavy atom. The molecule has 2 aliphatic heterocycles. The Balaban J connectivity index is 1.89. The number of carbonyl (C=O) groups is 1. The molecule has 29 heavy (non-hydrogen) atoms. The fourth-order valence-corrected chi connectivity index (χ4v) is 3.17. The number of nitrogens with zero attached hydrogens (tertiary/aromatic N) is 2. The van der Waals surface area contributed by atoms with Crippen LogP contribution in [0.5, 0.6) is 0 Å². The molecule has 3 rings (SSSR count). The van der Waals surface area contributed by atoms with Crippen LogP contribution in [0.15, 0.2) is 18.2 Å². The molecule has 2 saturated heterocycles. The third kappa shape index (κ3) is 4.18. The van der Waals surface area contributed by atoms with Gasteiger partial charge in [-0.1, -0.05) is 0 Å². The van der Waals surface area contributed by atoms with Crippen LogP contribution in [-0.2, 0) is 18.9 Å². The van der Waals surface area contributed by atoms with Gasteiger partial charge in [0.1, 0.15) is 12.2 Å². The first kappa shape index (κ1) is 21.0. The van der Waals surface area contributed by atoms with Gasteiger partial charge >= 0.3 is 5.97 Å². The molecule has 2 N–H and O–H groups in total. The van der Waals surface area contributed by atoms with Gasteiger partial charge in [-0.2, -0.15) is 0 Å². The number of fused-ring (bicyclic) bond motifs is 1. The monoisotopic (exact) mass is 414 g/mol. The van der Waals surface area contributed by atoms with Gasteiger partial charge in [0.25, 0.3) is 11.4 Å². The Hall–Kier alpha value is -2.71. The second-order valence-electron chi connectivity index (χ2n) is 6.94. The Bertz CT molecular complexity index is 810. The zero-order chi connectivity index (χ0) is 21.5. The van der Waals surface area contributed by atoms with Crippen LogP contribution in [0.1, 0.15) is 24.2 Å². The molecule has 0 aliphatic carbocycles. The van der Waals surface area contributed by atoms with E-state index in [4.69, 9.17) is 18.9 Å². The summed E-state index contributed by atoms with van der Waals surface area (Å²) in [6, 6.07) is 2.37. The van der Waals surface area contributed by atoms with E-state index in [1.807, 2.05) is 0 Å². The van der Waals surface area contributed by atoms with Crippen LogP contribution in [0.2, 0.25) is 0 Å². The number of carbonyl (C=O) groups excluding carboxylic acids is 1. The molecule has 0 aromatic heterocycles. The molecule has 0 radical (unpaired) electrons. The summed E-state index contributed by atoms with van der Waals surface area (Å²) in [7, 11) is 0. The van der Waals surface area contributed by atoms with Crippen molar-refractivity contribution in [3.05, 3.63) is 44.0 Å². The zero-order valence-corrected chi connectivity index (χ0v) is 15.3. The van der Waals surface area contributed by atoms with Gasteiger partial charge in [0.15, 0.2) is 24.3 Å². The number of ether oxygens (including phenoxy) is 4. The van der Waals surface area contributed by atoms with Gasteiger partial charge in [0.2, 0.25) is 0 Å². The fourth-order valence-electron chi connectivity index (χ4n) is 3.17. The highest BCUT2D eigenvalue weighted by molar-refractivity contribution is 5.91. The largest absolute Gasteiger partial charge is 0.453 e. The summed E-state index contributed by atoms with van der Waals surface area (Å²) in [6.45, 7) is 2.48. The van der Waals surface area contributed by atoms with Crippen molar-refractivity contribution in [1.82, 2.24) is 0 Å². The molecule has 2 fully saturated rings. The number of esters is 1. The van der Waals surface area contributed by atoms with Gasteiger partial charge in [0.05, 0.1) is 28.1 Å². The lowest BCUT2D eigenvalue weighted by Gasteiger charge is -2.27. The molecule has 0 saturated carbocycles. The van der Waals surface area contributed by atoms with Crippen molar-refractivity contribution >= 4 is 17.3 Å². The fraction of sp³-hybridized carbons (Fsp3) is 0.562. The average molecular weight is 414 g/mol. The van der Waals surface area contributed by atoms with Crippen LogP contribution in [0, 0.1) is 20.2 Å². The van der Waals surface area contributed by atoms with Crippen LogP contribution in [0.3, 0.4) is 0 Å². The Labute approximate surface area is 163 Å². The predicted octanol–water partition coefficient (Wildman–Crippen LogP) is 0.258. The molecule has 1 aromatic carbocycles. The third-order valence-electron chi connectivity index (χ3n) is 4.40. The quantitative estimate of drug-likeness (QED) is 0.370. The van der Waals surface area contributed by atoms with E-state index in [9.17, 15) is 35.2 Å². The minimum Gasteiger partial charge on any atom is -0.453 e. The summed E-state index contributed by atoms with van der Waals surface area (Å²) < 4.78 is 22.0. The molecule has 2 aliphatic rings. The van der Waals surface area contributed by atoms with Crippen LogP contribution in [0.4, 0.5) is 11.4 Å². The third-order valence-corrected chi connectivity index (χ3v) is 4.40. The van der Waals surface area contributed by atoms with E-state index < -0.39 is 75.9 Å². The summed E-state index contributed by atoms with van der Waals surface area (Å²) in [5.41, 5.74) is -1.77. The number of nitro groups is 2. The van der Waals surface area contributed by atoms with E-state index in [1.165, 1.54) is 0 Å². The molecule has 0 bridgehead atoms. The highest BCUT2D eigenvalue weighted by atomic mass is 16.8. The molecule has 13 heteroatoms. The van der Waals surface area contributed by atoms with Gasteiger partial charge in [-0.15, -0.1) is 0 Å². The summed E-state index contributed by atoms with van der Waals surface area (Å²) in [5.74, 6) is -2.20. The van der Waals surface area contributed by atoms with Gasteiger partial charge in [-0.25, -0.2) is 4.79 Å². The highest BCUT2D eigenvalue weighted by Crippen LogP contribution is 2.40. The molecule has 0 spiro atoms. The lowest BCUT2D eigenvalue weighted by Crippen LogP contribution is -2.45. The first-order chi connectivity index (χ1) is 13.5. The van der Waals surface area contributed by atoms with E-state index in [-0.39, 0.29) is 0 Å². The predicted molar refractivity (Wildman–Crippen MR) is 90.7 cm³/mol. The van der Waals surface area contributed by atoms with Crippen molar-refractivity contribution in [1.29, 1.82) is 0 Å². The number of non-ortho nitro benzene ring substituents is 2. The summed E-state index contributed by atoms with van der Waals surface area (Å²) >= 11 is 0. The Morgan fingerprint density at radius 2 is 1.79 bits per heavy atom. The zero-order valence-electron chi connectivity index (χ0n) is 15.3. The van der Waals surface area contributed by atoms with E-state index in [0.717, 1.165) is 12.1 Å². The number of benzene rings is 1. The Kier molecular flexibility index (Phi) is 5.51. The maximum Gasteiger partial charge on any atom is 0.339 e. The van der Waals surface area contributed by atoms with E-state index in [1.54, 1.807) is 13.8 Å². The molecular weight excluding hydrogens is 396 g/mol. The van der Waals surface area contributed by atoms with Crippen LogP contribution < -0.4 is 0 Å². The second kappa shape index (κ2) is 7.61. The van der Waals surface area contributed by atoms with Gasteiger partial charge in [0, 0.05) is 12.1 Å². The SMILES string of the molecule is CC1(C)O[C@H]2O[C@H](C(O)CO)[C@H](OC(=O)c3cc([N+](=O)[O-])cc([N+](=O)[O-])c3)[C@@H]2O1. The summed E-state index contributed by atoms with van der Waals surface area (Å²) in [6.07, 6.45) is -5.83. The van der Waals surface area contributed by atoms with Crippen LogP contribution in [-0.4, -0.2) is 69.1 Å². The number of hydrogen-bond donors (Lipinski definition) is 2. The number of rotatable bonds is 6. The molecule has 5 atom stereocenters. The second-order valence-corrected chi connectivity index (χ2v) is 6.94. The summed E-state index contributed by atoms with van der Waals surface area (Å²) in [5, 5.41) is 41.2. The van der Waals surface area contributed by atoms with Crippen molar-refractivity contribution in [2.45, 2.75) is 50.3 Å². The van der Waals surface area contributed by atoms with Crippen molar-refractivity contribution in [2.75, 3.05) is 6.61 Å². The first-order valence-electron chi connectivity index (χ1n) is 8.47. The van der Waals surface area contributed by atoms with Crippen molar-refractivity contribution in [3.8, 4) is 0 Å². The first-order valence-corrected chi connectivity index (χ1v) is 8.47. The number of nitro benzene ring substituents is 2. The topological polar surface area (TPSA) is 181 Å². The number of aliphatic hydroxyl groups excluding tert-OH is 2. The summed E-state index contributed by atoms with van der Waals surface area (Å²) in [4.78, 5) is 32.8. The minimum atomic E-state index is -1.44. The van der Waals surface area contributed by atoms with Crippen molar-refractivity contribution in [2.24, 2.45) is 0 Å². The molecular formula is C16H18N2O11. The van der Waals surface area contributed by atoms with E-state index in [0.29, 0.717) is 6.07 Å². The molecule has 13 nitrogen and oxygen atoms in total. The van der Waals surface area contributed by atoms with Gasteiger partial charge < -0.3 is 29.2 Å². The Morgan fingerprint density at radius 3 is 2.31 bits per heavy atom. The number of hydrogen-bond acceptors (Lipinski definition) is 11. The maximum absolute atomic E-state index is 12.6. The maximum atomic E-state index is 12.6. The van der Waals surface area contributed by atoms with Crippen LogP contribution in [0.25, 0.3) is 0 Å². The van der Waals surface area contributed by atoms with Gasteiger partial charge in [-0.3, -0.25) is 20.2 Å². The van der Waals surface area contributed by atoms with Crippen molar-refractivity contribution in [3.63, 3.8) is 0 Å². The number of aliphatic hydroxyl groups is 2. The molecule has 158 valence electrons. The van der Waals surface area contributed by atoms with Crippen LogP contribution >= 0.6 is 0 Å². The standard InChI is InChI=1S/C16H18N2O11/c1-16(2)28-13-12(11(10(20)6-19)27-15(13)29-16)26-14(21)7-3-8(17(22)23)5-9(4-7)18(24)25/h3-5,10-13,15,19-20H,6H2,1-2H3/t10?,11-,12+,13+,15-/m1/s1. The molecule has 2 heterocycles. The van der Waals surface area contributed by atoms with Crippen molar-refractivity contribution < 1.29 is 43.8 Å². The molecule has 0 amide bonds. The molecule has 1 aromatic rings. The van der Waals surface area contributed by atoms with E-state index in [2.05, 4.69) is 0 Å². The molecule has 1 unspecified atom stereocenters. The highest BCUT2D eigenvalue weighted by Gasteiger charge is 2.58. The lowest BCUT2D eigenvalue weighted by molar-refractivity contribution is -0.394. The average Bonchev–Trinajstić information content (AvgIpc) is 3.13. The van der Waals surface area contributed by atoms with Gasteiger partial charge in [-0.05, 0) is 13.8 Å². The normalized spacial score (nSPS) is 28.6. The lowest BCUT2D eigenvalue weighted by atomic mass is 10.1. The minimum absolute atomic E-state index is 0.440.